The molecule has 1 amide bonds. The van der Waals surface area contributed by atoms with E-state index in [2.05, 4.69) is 21.5 Å². The zero-order valence-corrected chi connectivity index (χ0v) is 27.4. The number of aliphatic hydroxyl groups excluding tert-OH is 1. The molecule has 0 saturated heterocycles. The molecule has 0 bridgehead atoms. The number of likely N-dealkylation sites (N-methyl/N-ethyl adjacent to an activating group) is 1. The molecule has 1 aliphatic heterocycles. The fourth-order valence-corrected chi connectivity index (χ4v) is 6.50. The lowest BCUT2D eigenvalue weighted by atomic mass is 10.0. The first-order valence-electron chi connectivity index (χ1n) is 15.6. The van der Waals surface area contributed by atoms with Crippen LogP contribution in [0.15, 0.2) is 78.0 Å². The van der Waals surface area contributed by atoms with Gasteiger partial charge in [0, 0.05) is 50.2 Å². The molecule has 244 valence electrons. The van der Waals surface area contributed by atoms with Gasteiger partial charge in [0.25, 0.3) is 15.9 Å². The van der Waals surface area contributed by atoms with E-state index < -0.39 is 16.1 Å². The molecule has 45 heavy (non-hydrogen) atoms. The Morgan fingerprint density at radius 3 is 2.53 bits per heavy atom. The molecule has 1 aliphatic rings. The Hall–Kier alpha value is -3.51. The maximum atomic E-state index is 14.3. The van der Waals surface area contributed by atoms with Crippen LogP contribution in [0.3, 0.4) is 0 Å². The second-order valence-electron chi connectivity index (χ2n) is 12.0. The van der Waals surface area contributed by atoms with E-state index >= 15 is 0 Å². The summed E-state index contributed by atoms with van der Waals surface area (Å²) in [6.45, 7) is 7.88. The number of benzene rings is 2. The molecule has 0 fully saturated rings. The van der Waals surface area contributed by atoms with Crippen LogP contribution in [0.1, 0.15) is 56.0 Å². The number of amides is 1. The zero-order valence-electron chi connectivity index (χ0n) is 26.6. The fraction of sp³-hybridized carbons (Fsp3) is 0.471. The highest BCUT2D eigenvalue weighted by atomic mass is 32.2. The highest BCUT2D eigenvalue weighted by molar-refractivity contribution is 7.92. The molecule has 3 aromatic rings. The first-order chi connectivity index (χ1) is 21.6. The summed E-state index contributed by atoms with van der Waals surface area (Å²) in [5, 5.41) is 10.2. The fourth-order valence-electron chi connectivity index (χ4n) is 5.43. The molecule has 0 spiro atoms. The number of ether oxygens (including phenoxy) is 2. The number of rotatable bonds is 9. The summed E-state index contributed by atoms with van der Waals surface area (Å²) in [4.78, 5) is 22.4. The Kier molecular flexibility index (Phi) is 12.3. The number of carbonyl (C=O) groups excluding carboxylic acids is 1. The van der Waals surface area contributed by atoms with Gasteiger partial charge in [-0.1, -0.05) is 25.1 Å². The predicted octanol–water partition coefficient (Wildman–Crippen LogP) is 4.81. The van der Waals surface area contributed by atoms with Gasteiger partial charge in [0.2, 0.25) is 0 Å². The van der Waals surface area contributed by atoms with Crippen molar-refractivity contribution in [2.24, 2.45) is 5.92 Å². The molecule has 2 aromatic carbocycles. The third kappa shape index (κ3) is 9.74. The average molecular weight is 639 g/mol. The first kappa shape index (κ1) is 34.4. The summed E-state index contributed by atoms with van der Waals surface area (Å²) in [6.07, 6.45) is 5.73. The monoisotopic (exact) mass is 638 g/mol. The molecule has 2 heterocycles. The SMILES string of the molecule is C[C@H](CO)N1C[C@H](C)[C@H](CN(C)Cc2ccncc2)OCCCC[C@H](C)Oc2ccc(NS(=O)(=O)c3ccccc3)cc2C1=O. The van der Waals surface area contributed by atoms with Crippen molar-refractivity contribution in [1.29, 1.82) is 0 Å². The summed E-state index contributed by atoms with van der Waals surface area (Å²) in [5.41, 5.74) is 1.62. The Bertz CT molecular complexity index is 1470. The number of anilines is 1. The maximum Gasteiger partial charge on any atom is 0.261 e. The van der Waals surface area contributed by atoms with Gasteiger partial charge in [-0.3, -0.25) is 19.4 Å². The average Bonchev–Trinajstić information content (AvgIpc) is 3.03. The number of fused-ring (bicyclic) bond motifs is 1. The minimum atomic E-state index is -3.88. The molecule has 2 N–H and O–H groups in total. The molecule has 0 radical (unpaired) electrons. The zero-order chi connectivity index (χ0) is 32.4. The number of aromatic nitrogens is 1. The van der Waals surface area contributed by atoms with Crippen molar-refractivity contribution >= 4 is 21.6 Å². The van der Waals surface area contributed by atoms with Crippen LogP contribution in [0.2, 0.25) is 0 Å². The number of pyridine rings is 1. The predicted molar refractivity (Wildman–Crippen MR) is 175 cm³/mol. The number of carbonyl (C=O) groups is 1. The molecule has 10 nitrogen and oxygen atoms in total. The minimum Gasteiger partial charge on any atom is -0.490 e. The van der Waals surface area contributed by atoms with Crippen LogP contribution in [0.25, 0.3) is 0 Å². The van der Waals surface area contributed by atoms with E-state index in [0.717, 1.165) is 31.4 Å². The summed E-state index contributed by atoms with van der Waals surface area (Å²) in [7, 11) is -1.83. The smallest absolute Gasteiger partial charge is 0.261 e. The van der Waals surface area contributed by atoms with E-state index in [-0.39, 0.29) is 46.8 Å². The van der Waals surface area contributed by atoms with Gasteiger partial charge in [0.05, 0.1) is 35.3 Å². The van der Waals surface area contributed by atoms with Gasteiger partial charge in [-0.15, -0.1) is 0 Å². The molecular weight excluding hydrogens is 592 g/mol. The first-order valence-corrected chi connectivity index (χ1v) is 17.0. The van der Waals surface area contributed by atoms with Crippen LogP contribution < -0.4 is 9.46 Å². The van der Waals surface area contributed by atoms with E-state index in [0.29, 0.717) is 25.4 Å². The molecule has 4 atom stereocenters. The van der Waals surface area contributed by atoms with Crippen LogP contribution in [0, 0.1) is 5.92 Å². The van der Waals surface area contributed by atoms with Gasteiger partial charge in [-0.05, 0) is 88.2 Å². The van der Waals surface area contributed by atoms with Crippen molar-refractivity contribution in [1.82, 2.24) is 14.8 Å². The highest BCUT2D eigenvalue weighted by Crippen LogP contribution is 2.29. The molecule has 0 aliphatic carbocycles. The van der Waals surface area contributed by atoms with Gasteiger partial charge in [0.15, 0.2) is 0 Å². The lowest BCUT2D eigenvalue weighted by Gasteiger charge is -2.36. The van der Waals surface area contributed by atoms with Crippen molar-refractivity contribution in [2.45, 2.75) is 69.7 Å². The summed E-state index contributed by atoms with van der Waals surface area (Å²) < 4.78 is 41.5. The summed E-state index contributed by atoms with van der Waals surface area (Å²) in [6, 6.07) is 16.3. The molecule has 4 rings (SSSR count). The standard InChI is InChI=1S/C34H46N4O6S/c1-25-21-38(26(2)24-39)34(40)31-20-29(36-45(41,42)30-11-6-5-7-12-30)13-14-32(31)44-27(3)10-8-9-19-43-33(25)23-37(4)22-28-15-17-35-18-16-28/h5-7,11-18,20,25-27,33,36,39H,8-10,19,21-24H2,1-4H3/t25-,26+,27-,33-/m0/s1. The molecule has 11 heteroatoms. The Labute approximate surface area is 267 Å². The molecule has 0 saturated carbocycles. The van der Waals surface area contributed by atoms with E-state index in [9.17, 15) is 18.3 Å². The Morgan fingerprint density at radius 2 is 1.82 bits per heavy atom. The third-order valence-corrected chi connectivity index (χ3v) is 9.45. The van der Waals surface area contributed by atoms with Crippen molar-refractivity contribution in [3.8, 4) is 5.75 Å². The van der Waals surface area contributed by atoms with Crippen molar-refractivity contribution < 1.29 is 27.8 Å². The minimum absolute atomic E-state index is 0.0751. The number of hydrogen-bond acceptors (Lipinski definition) is 8. The number of aliphatic hydroxyl groups is 1. The summed E-state index contributed by atoms with van der Waals surface area (Å²) >= 11 is 0. The maximum absolute atomic E-state index is 14.3. The number of nitrogens with zero attached hydrogens (tertiary/aromatic N) is 3. The van der Waals surface area contributed by atoms with Crippen LogP contribution in [-0.2, 0) is 21.3 Å². The quantitative estimate of drug-likeness (QED) is 0.343. The van der Waals surface area contributed by atoms with Crippen molar-refractivity contribution in [3.05, 3.63) is 84.2 Å². The highest BCUT2D eigenvalue weighted by Gasteiger charge is 2.30. The number of sulfonamides is 1. The van der Waals surface area contributed by atoms with E-state index in [1.54, 1.807) is 54.5 Å². The van der Waals surface area contributed by atoms with Crippen LogP contribution in [-0.4, -0.2) is 85.8 Å². The lowest BCUT2D eigenvalue weighted by molar-refractivity contribution is -0.0177. The Morgan fingerprint density at radius 1 is 1.09 bits per heavy atom. The molecule has 0 unspecified atom stereocenters. The topological polar surface area (TPSA) is 121 Å². The van der Waals surface area contributed by atoms with E-state index in [1.165, 1.54) is 18.2 Å². The van der Waals surface area contributed by atoms with Gasteiger partial charge in [-0.2, -0.15) is 0 Å². The second kappa shape index (κ2) is 16.2. The largest absolute Gasteiger partial charge is 0.490 e. The normalized spacial score (nSPS) is 21.0. The van der Waals surface area contributed by atoms with Crippen LogP contribution in [0.5, 0.6) is 5.75 Å². The van der Waals surface area contributed by atoms with Crippen molar-refractivity contribution in [2.75, 3.05) is 38.1 Å². The number of nitrogens with one attached hydrogen (secondary N) is 1. The van der Waals surface area contributed by atoms with Gasteiger partial charge in [-0.25, -0.2) is 8.42 Å². The summed E-state index contributed by atoms with van der Waals surface area (Å²) in [5.74, 6) is -0.0546. The van der Waals surface area contributed by atoms with Gasteiger partial charge in [0.1, 0.15) is 5.75 Å². The number of hydrogen-bond donors (Lipinski definition) is 2. The third-order valence-electron chi connectivity index (χ3n) is 8.05. The van der Waals surface area contributed by atoms with Gasteiger partial charge < -0.3 is 19.5 Å². The van der Waals surface area contributed by atoms with Crippen LogP contribution in [0.4, 0.5) is 5.69 Å². The van der Waals surface area contributed by atoms with Gasteiger partial charge >= 0.3 is 0 Å². The van der Waals surface area contributed by atoms with Crippen LogP contribution >= 0.6 is 0 Å². The van der Waals surface area contributed by atoms with E-state index in [1.807, 2.05) is 26.1 Å². The van der Waals surface area contributed by atoms with E-state index in [4.69, 9.17) is 9.47 Å². The Balaban J connectivity index is 1.64. The molecule has 1 aromatic heterocycles. The van der Waals surface area contributed by atoms with Crippen molar-refractivity contribution in [3.63, 3.8) is 0 Å². The second-order valence-corrected chi connectivity index (χ2v) is 13.7. The molecular formula is C34H46N4O6S. The lowest BCUT2D eigenvalue weighted by Crippen LogP contribution is -2.47.